The van der Waals surface area contributed by atoms with Crippen LogP contribution in [0.3, 0.4) is 0 Å². The standard InChI is InChI=1S/C14H18N4O2/c1-7-4-9(7)5-15-12-10(14(19)20)6-16-13-11(12)8(2)17-18(13)3/h6-7,9H,4-5H2,1-3H3,(H,15,16)(H,19,20). The molecule has 6 nitrogen and oxygen atoms in total. The van der Waals surface area contributed by atoms with E-state index >= 15 is 0 Å². The van der Waals surface area contributed by atoms with Crippen LogP contribution in [0.5, 0.6) is 0 Å². The Morgan fingerprint density at radius 3 is 2.90 bits per heavy atom. The van der Waals surface area contributed by atoms with Crippen molar-refractivity contribution >= 4 is 22.7 Å². The van der Waals surface area contributed by atoms with Gasteiger partial charge in [-0.15, -0.1) is 0 Å². The lowest BCUT2D eigenvalue weighted by atomic mass is 10.1. The normalized spacial score (nSPS) is 21.1. The lowest BCUT2D eigenvalue weighted by Gasteiger charge is -2.11. The van der Waals surface area contributed by atoms with Crippen LogP contribution >= 0.6 is 0 Å². The highest BCUT2D eigenvalue weighted by molar-refractivity contribution is 6.04. The number of aromatic nitrogens is 3. The largest absolute Gasteiger partial charge is 0.478 e. The van der Waals surface area contributed by atoms with Gasteiger partial charge in [0.2, 0.25) is 0 Å². The Morgan fingerprint density at radius 1 is 1.60 bits per heavy atom. The predicted molar refractivity (Wildman–Crippen MR) is 76.0 cm³/mol. The molecule has 1 aliphatic carbocycles. The van der Waals surface area contributed by atoms with Gasteiger partial charge in [-0.1, -0.05) is 6.92 Å². The Balaban J connectivity index is 2.08. The molecule has 2 aromatic heterocycles. The quantitative estimate of drug-likeness (QED) is 0.891. The van der Waals surface area contributed by atoms with Crippen LogP contribution in [0.4, 0.5) is 5.69 Å². The molecule has 2 heterocycles. The van der Waals surface area contributed by atoms with E-state index < -0.39 is 5.97 Å². The van der Waals surface area contributed by atoms with Crippen molar-refractivity contribution in [1.29, 1.82) is 0 Å². The number of rotatable bonds is 4. The number of carboxylic acid groups (broad SMARTS) is 1. The fourth-order valence-electron chi connectivity index (χ4n) is 2.67. The van der Waals surface area contributed by atoms with Crippen molar-refractivity contribution in [2.75, 3.05) is 11.9 Å². The molecular weight excluding hydrogens is 256 g/mol. The van der Waals surface area contributed by atoms with Crippen molar-refractivity contribution in [3.8, 4) is 0 Å². The third-order valence-corrected chi connectivity index (χ3v) is 4.07. The number of hydrogen-bond donors (Lipinski definition) is 2. The second-order valence-electron chi connectivity index (χ2n) is 5.61. The van der Waals surface area contributed by atoms with E-state index in [0.29, 0.717) is 17.3 Å². The summed E-state index contributed by atoms with van der Waals surface area (Å²) in [5.74, 6) is 0.397. The second-order valence-corrected chi connectivity index (χ2v) is 5.61. The van der Waals surface area contributed by atoms with Crippen LogP contribution in [-0.2, 0) is 7.05 Å². The first-order valence-corrected chi connectivity index (χ1v) is 6.78. The lowest BCUT2D eigenvalue weighted by molar-refractivity contribution is 0.0697. The molecular formula is C14H18N4O2. The number of pyridine rings is 1. The monoisotopic (exact) mass is 274 g/mol. The van der Waals surface area contributed by atoms with Gasteiger partial charge in [0.05, 0.1) is 16.8 Å². The summed E-state index contributed by atoms with van der Waals surface area (Å²) in [6, 6.07) is 0. The van der Waals surface area contributed by atoms with Gasteiger partial charge in [0.15, 0.2) is 5.65 Å². The lowest BCUT2D eigenvalue weighted by Crippen LogP contribution is -2.11. The molecule has 20 heavy (non-hydrogen) atoms. The molecule has 1 aliphatic rings. The zero-order chi connectivity index (χ0) is 14.4. The van der Waals surface area contributed by atoms with E-state index in [4.69, 9.17) is 0 Å². The van der Waals surface area contributed by atoms with Gasteiger partial charge >= 0.3 is 5.97 Å². The van der Waals surface area contributed by atoms with Gasteiger partial charge in [-0.2, -0.15) is 5.10 Å². The molecule has 6 heteroatoms. The molecule has 2 aromatic rings. The van der Waals surface area contributed by atoms with E-state index in [1.165, 1.54) is 12.6 Å². The smallest absolute Gasteiger partial charge is 0.339 e. The summed E-state index contributed by atoms with van der Waals surface area (Å²) in [7, 11) is 1.81. The van der Waals surface area contributed by atoms with Crippen molar-refractivity contribution in [2.45, 2.75) is 20.3 Å². The number of aryl methyl sites for hydroxylation is 2. The van der Waals surface area contributed by atoms with Gasteiger partial charge in [-0.3, -0.25) is 4.68 Å². The summed E-state index contributed by atoms with van der Waals surface area (Å²) >= 11 is 0. The maximum absolute atomic E-state index is 11.4. The number of anilines is 1. The molecule has 0 bridgehead atoms. The molecule has 0 saturated heterocycles. The summed E-state index contributed by atoms with van der Waals surface area (Å²) in [5, 5.41) is 17.8. The van der Waals surface area contributed by atoms with Crippen LogP contribution in [0.25, 0.3) is 11.0 Å². The summed E-state index contributed by atoms with van der Waals surface area (Å²) in [4.78, 5) is 15.6. The SMILES string of the molecule is Cc1nn(C)c2ncc(C(=O)O)c(NCC3CC3C)c12. The number of fused-ring (bicyclic) bond motifs is 1. The Labute approximate surface area is 116 Å². The number of carbonyl (C=O) groups is 1. The highest BCUT2D eigenvalue weighted by Crippen LogP contribution is 2.38. The predicted octanol–water partition coefficient (Wildman–Crippen LogP) is 2.04. The van der Waals surface area contributed by atoms with Crippen LogP contribution in [0.1, 0.15) is 29.4 Å². The molecule has 0 aliphatic heterocycles. The highest BCUT2D eigenvalue weighted by Gasteiger charge is 2.32. The fraction of sp³-hybridized carbons (Fsp3) is 0.500. The number of hydrogen-bond acceptors (Lipinski definition) is 4. The van der Waals surface area contributed by atoms with Crippen molar-refractivity contribution in [2.24, 2.45) is 18.9 Å². The molecule has 2 unspecified atom stereocenters. The van der Waals surface area contributed by atoms with Crippen LogP contribution < -0.4 is 5.32 Å². The number of nitrogens with one attached hydrogen (secondary N) is 1. The van der Waals surface area contributed by atoms with Crippen molar-refractivity contribution in [3.63, 3.8) is 0 Å². The van der Waals surface area contributed by atoms with Gasteiger partial charge < -0.3 is 10.4 Å². The van der Waals surface area contributed by atoms with Crippen LogP contribution in [0.2, 0.25) is 0 Å². The Hall–Kier alpha value is -2.11. The zero-order valence-corrected chi connectivity index (χ0v) is 11.8. The Morgan fingerprint density at radius 2 is 2.30 bits per heavy atom. The first kappa shape index (κ1) is 12.9. The average Bonchev–Trinajstić information content (AvgIpc) is 3.02. The van der Waals surface area contributed by atoms with E-state index in [2.05, 4.69) is 22.3 Å². The third kappa shape index (κ3) is 2.01. The Kier molecular flexibility index (Phi) is 2.88. The maximum Gasteiger partial charge on any atom is 0.339 e. The minimum Gasteiger partial charge on any atom is -0.478 e. The van der Waals surface area contributed by atoms with Gasteiger partial charge in [0.1, 0.15) is 5.56 Å². The first-order valence-electron chi connectivity index (χ1n) is 6.78. The summed E-state index contributed by atoms with van der Waals surface area (Å²) in [6.07, 6.45) is 2.61. The summed E-state index contributed by atoms with van der Waals surface area (Å²) in [6.45, 7) is 4.89. The van der Waals surface area contributed by atoms with Gasteiger partial charge in [-0.05, 0) is 25.2 Å². The van der Waals surface area contributed by atoms with Gasteiger partial charge in [0.25, 0.3) is 0 Å². The molecule has 0 amide bonds. The van der Waals surface area contributed by atoms with Crippen molar-refractivity contribution < 1.29 is 9.90 Å². The molecule has 3 rings (SSSR count). The topological polar surface area (TPSA) is 80.0 Å². The van der Waals surface area contributed by atoms with Crippen molar-refractivity contribution in [3.05, 3.63) is 17.5 Å². The summed E-state index contributed by atoms with van der Waals surface area (Å²) in [5.41, 5.74) is 2.36. The molecule has 0 radical (unpaired) electrons. The number of carboxylic acids is 1. The minimum atomic E-state index is -0.964. The highest BCUT2D eigenvalue weighted by atomic mass is 16.4. The molecule has 2 N–H and O–H groups in total. The average molecular weight is 274 g/mol. The van der Waals surface area contributed by atoms with E-state index in [1.807, 2.05) is 14.0 Å². The number of aromatic carboxylic acids is 1. The molecule has 0 aromatic carbocycles. The summed E-state index contributed by atoms with van der Waals surface area (Å²) < 4.78 is 1.68. The number of nitrogens with zero attached hydrogens (tertiary/aromatic N) is 3. The van der Waals surface area contributed by atoms with Crippen LogP contribution in [-0.4, -0.2) is 32.4 Å². The van der Waals surface area contributed by atoms with E-state index in [-0.39, 0.29) is 5.56 Å². The van der Waals surface area contributed by atoms with Crippen molar-refractivity contribution in [1.82, 2.24) is 14.8 Å². The molecule has 1 saturated carbocycles. The van der Waals surface area contributed by atoms with E-state index in [1.54, 1.807) is 4.68 Å². The fourth-order valence-corrected chi connectivity index (χ4v) is 2.67. The van der Waals surface area contributed by atoms with Crippen LogP contribution in [0.15, 0.2) is 6.20 Å². The van der Waals surface area contributed by atoms with Gasteiger partial charge in [-0.25, -0.2) is 9.78 Å². The third-order valence-electron chi connectivity index (χ3n) is 4.07. The van der Waals surface area contributed by atoms with E-state index in [9.17, 15) is 9.90 Å². The van der Waals surface area contributed by atoms with Gasteiger partial charge in [0, 0.05) is 19.8 Å². The first-order chi connectivity index (χ1) is 9.49. The zero-order valence-electron chi connectivity index (χ0n) is 11.8. The minimum absolute atomic E-state index is 0.210. The molecule has 1 fully saturated rings. The molecule has 0 spiro atoms. The maximum atomic E-state index is 11.4. The van der Waals surface area contributed by atoms with E-state index in [0.717, 1.165) is 23.5 Å². The van der Waals surface area contributed by atoms with Crippen LogP contribution in [0, 0.1) is 18.8 Å². The second kappa shape index (κ2) is 4.47. The molecule has 106 valence electrons. The Bertz CT molecular complexity index is 692. The molecule has 2 atom stereocenters.